The second-order valence-corrected chi connectivity index (χ2v) is 3.76. The zero-order valence-corrected chi connectivity index (χ0v) is 7.83. The molecular formula is C12H13N. The van der Waals surface area contributed by atoms with Gasteiger partial charge in [0.05, 0.1) is 12.0 Å². The minimum atomic E-state index is 0.217. The molecule has 13 heavy (non-hydrogen) atoms. The summed E-state index contributed by atoms with van der Waals surface area (Å²) in [7, 11) is 0. The van der Waals surface area contributed by atoms with Crippen molar-refractivity contribution in [1.82, 2.24) is 0 Å². The fraction of sp³-hybridized carbons (Fsp3) is 0.417. The van der Waals surface area contributed by atoms with Crippen LogP contribution >= 0.6 is 0 Å². The minimum absolute atomic E-state index is 0.217. The van der Waals surface area contributed by atoms with Gasteiger partial charge in [0.15, 0.2) is 0 Å². The van der Waals surface area contributed by atoms with Crippen LogP contribution in [0.2, 0.25) is 0 Å². The summed E-state index contributed by atoms with van der Waals surface area (Å²) in [5.74, 6) is 0.629. The Morgan fingerprint density at radius 2 is 2.15 bits per heavy atom. The van der Waals surface area contributed by atoms with Gasteiger partial charge in [0.2, 0.25) is 0 Å². The summed E-state index contributed by atoms with van der Waals surface area (Å²) in [6.07, 6.45) is 2.09. The Labute approximate surface area is 79.0 Å². The Morgan fingerprint density at radius 3 is 2.92 bits per heavy atom. The first-order chi connectivity index (χ1) is 6.33. The molecule has 1 aromatic rings. The molecule has 0 unspecified atom stereocenters. The number of nitrogens with zero attached hydrogens (tertiary/aromatic N) is 1. The van der Waals surface area contributed by atoms with E-state index in [0.29, 0.717) is 5.92 Å². The van der Waals surface area contributed by atoms with Gasteiger partial charge >= 0.3 is 0 Å². The van der Waals surface area contributed by atoms with Crippen LogP contribution in [0.25, 0.3) is 0 Å². The van der Waals surface area contributed by atoms with E-state index in [9.17, 15) is 0 Å². The molecule has 1 nitrogen and oxygen atoms in total. The van der Waals surface area contributed by atoms with Crippen LogP contribution in [0.4, 0.5) is 0 Å². The lowest BCUT2D eigenvalue weighted by atomic mass is 9.77. The molecule has 1 aliphatic carbocycles. The maximum absolute atomic E-state index is 8.94. The van der Waals surface area contributed by atoms with E-state index in [1.807, 2.05) is 0 Å². The average molecular weight is 171 g/mol. The van der Waals surface area contributed by atoms with Crippen LogP contribution < -0.4 is 0 Å². The van der Waals surface area contributed by atoms with Gasteiger partial charge in [0.1, 0.15) is 0 Å². The lowest BCUT2D eigenvalue weighted by Crippen LogP contribution is -2.16. The largest absolute Gasteiger partial charge is 0.198 e. The topological polar surface area (TPSA) is 23.8 Å². The summed E-state index contributed by atoms with van der Waals surface area (Å²) in [5, 5.41) is 8.94. The number of aryl methyl sites for hydroxylation is 1. The second kappa shape index (κ2) is 3.22. The molecule has 66 valence electrons. The highest BCUT2D eigenvalue weighted by Crippen LogP contribution is 2.34. The van der Waals surface area contributed by atoms with Crippen LogP contribution in [-0.4, -0.2) is 0 Å². The maximum atomic E-state index is 8.94. The summed E-state index contributed by atoms with van der Waals surface area (Å²) in [6, 6.07) is 10.9. The molecule has 0 bridgehead atoms. The van der Waals surface area contributed by atoms with E-state index in [4.69, 9.17) is 5.26 Å². The summed E-state index contributed by atoms with van der Waals surface area (Å²) in [5.41, 5.74) is 2.81. The van der Waals surface area contributed by atoms with Crippen LogP contribution in [-0.2, 0) is 6.42 Å². The summed E-state index contributed by atoms with van der Waals surface area (Å²) in [6.45, 7) is 2.16. The lowest BCUT2D eigenvalue weighted by molar-refractivity contribution is 0.481. The number of rotatable bonds is 0. The summed E-state index contributed by atoms with van der Waals surface area (Å²) in [4.78, 5) is 0. The molecule has 0 aliphatic heterocycles. The van der Waals surface area contributed by atoms with E-state index in [1.54, 1.807) is 0 Å². The van der Waals surface area contributed by atoms with Crippen molar-refractivity contribution in [2.75, 3.05) is 0 Å². The molecule has 0 aromatic heterocycles. The van der Waals surface area contributed by atoms with Crippen molar-refractivity contribution in [1.29, 1.82) is 5.26 Å². The van der Waals surface area contributed by atoms with Gasteiger partial charge in [-0.25, -0.2) is 0 Å². The minimum Gasteiger partial charge on any atom is -0.198 e. The van der Waals surface area contributed by atoms with E-state index in [2.05, 4.69) is 37.3 Å². The zero-order valence-electron chi connectivity index (χ0n) is 7.83. The van der Waals surface area contributed by atoms with Gasteiger partial charge in [-0.05, 0) is 29.9 Å². The molecule has 0 spiro atoms. The Hall–Kier alpha value is -1.29. The van der Waals surface area contributed by atoms with Crippen molar-refractivity contribution < 1.29 is 0 Å². The SMILES string of the molecule is C[C@H]1c2ccccc2CC[C@H]1C#N. The number of benzene rings is 1. The van der Waals surface area contributed by atoms with Crippen LogP contribution in [0.5, 0.6) is 0 Å². The third kappa shape index (κ3) is 1.33. The van der Waals surface area contributed by atoms with Crippen LogP contribution in [0.3, 0.4) is 0 Å². The first-order valence-corrected chi connectivity index (χ1v) is 4.80. The highest BCUT2D eigenvalue weighted by molar-refractivity contribution is 5.34. The van der Waals surface area contributed by atoms with Crippen molar-refractivity contribution in [3.8, 4) is 6.07 Å². The molecule has 0 heterocycles. The van der Waals surface area contributed by atoms with Crippen LogP contribution in [0.1, 0.15) is 30.4 Å². The first kappa shape index (κ1) is 8.31. The Balaban J connectivity index is 2.40. The van der Waals surface area contributed by atoms with Crippen molar-refractivity contribution in [3.05, 3.63) is 35.4 Å². The smallest absolute Gasteiger partial charge is 0.0662 e. The van der Waals surface area contributed by atoms with Crippen molar-refractivity contribution in [2.45, 2.75) is 25.7 Å². The zero-order chi connectivity index (χ0) is 9.26. The van der Waals surface area contributed by atoms with E-state index < -0.39 is 0 Å². The lowest BCUT2D eigenvalue weighted by Gasteiger charge is -2.26. The second-order valence-electron chi connectivity index (χ2n) is 3.76. The molecule has 0 radical (unpaired) electrons. The number of hydrogen-bond acceptors (Lipinski definition) is 1. The normalized spacial score (nSPS) is 26.2. The van der Waals surface area contributed by atoms with Crippen molar-refractivity contribution in [3.63, 3.8) is 0 Å². The maximum Gasteiger partial charge on any atom is 0.0662 e. The van der Waals surface area contributed by atoms with E-state index >= 15 is 0 Å². The molecular weight excluding hydrogens is 158 g/mol. The van der Waals surface area contributed by atoms with E-state index in [-0.39, 0.29) is 5.92 Å². The van der Waals surface area contributed by atoms with Gasteiger partial charge in [-0.1, -0.05) is 31.2 Å². The van der Waals surface area contributed by atoms with Gasteiger partial charge in [-0.15, -0.1) is 0 Å². The number of hydrogen-bond donors (Lipinski definition) is 0. The van der Waals surface area contributed by atoms with Gasteiger partial charge < -0.3 is 0 Å². The highest BCUT2D eigenvalue weighted by Gasteiger charge is 2.25. The van der Waals surface area contributed by atoms with Crippen LogP contribution in [0, 0.1) is 17.2 Å². The molecule has 0 saturated heterocycles. The van der Waals surface area contributed by atoms with Gasteiger partial charge in [-0.2, -0.15) is 5.26 Å². The monoisotopic (exact) mass is 171 g/mol. The third-order valence-electron chi connectivity index (χ3n) is 3.04. The predicted octanol–water partition coefficient (Wildman–Crippen LogP) is 2.88. The molecule has 0 N–H and O–H groups in total. The molecule has 0 fully saturated rings. The predicted molar refractivity (Wildman–Crippen MR) is 52.3 cm³/mol. The fourth-order valence-electron chi connectivity index (χ4n) is 2.16. The summed E-state index contributed by atoms with van der Waals surface area (Å²) >= 11 is 0. The standard InChI is InChI=1S/C12H13N/c1-9-11(8-13)7-6-10-4-2-3-5-12(9)10/h2-5,9,11H,6-7H2,1H3/t9-,11+/m1/s1. The average Bonchev–Trinajstić information content (AvgIpc) is 2.19. The highest BCUT2D eigenvalue weighted by atomic mass is 14.3. The quantitative estimate of drug-likeness (QED) is 0.588. The molecule has 0 saturated carbocycles. The molecule has 2 rings (SSSR count). The van der Waals surface area contributed by atoms with Crippen molar-refractivity contribution >= 4 is 0 Å². The molecule has 1 aliphatic rings. The van der Waals surface area contributed by atoms with E-state index in [0.717, 1.165) is 12.8 Å². The number of fused-ring (bicyclic) bond motifs is 1. The molecule has 0 amide bonds. The Kier molecular flexibility index (Phi) is 2.06. The molecule has 1 heteroatoms. The molecule has 2 atom stereocenters. The van der Waals surface area contributed by atoms with Gasteiger partial charge in [0.25, 0.3) is 0 Å². The number of nitriles is 1. The Bertz CT molecular complexity index is 348. The third-order valence-corrected chi connectivity index (χ3v) is 3.04. The molecule has 1 aromatic carbocycles. The summed E-state index contributed by atoms with van der Waals surface area (Å²) < 4.78 is 0. The first-order valence-electron chi connectivity index (χ1n) is 4.80. The van der Waals surface area contributed by atoms with Crippen molar-refractivity contribution in [2.24, 2.45) is 5.92 Å². The fourth-order valence-corrected chi connectivity index (χ4v) is 2.16. The van der Waals surface area contributed by atoms with Crippen LogP contribution in [0.15, 0.2) is 24.3 Å². The van der Waals surface area contributed by atoms with E-state index in [1.165, 1.54) is 11.1 Å². The van der Waals surface area contributed by atoms with Gasteiger partial charge in [0, 0.05) is 0 Å². The van der Waals surface area contributed by atoms with Gasteiger partial charge in [-0.3, -0.25) is 0 Å². The Morgan fingerprint density at radius 1 is 1.38 bits per heavy atom.